The molecule has 1 aromatic carbocycles. The Morgan fingerprint density at radius 1 is 1.22 bits per heavy atom. The van der Waals surface area contributed by atoms with Gasteiger partial charge in [-0.3, -0.25) is 4.90 Å². The van der Waals surface area contributed by atoms with E-state index in [9.17, 15) is 4.79 Å². The second kappa shape index (κ2) is 5.64. The van der Waals surface area contributed by atoms with E-state index in [1.165, 1.54) is 31.9 Å². The molecule has 0 amide bonds. The number of ether oxygens (including phenoxy) is 1. The number of carbonyl (C=O) groups is 1. The molecule has 1 heterocycles. The summed E-state index contributed by atoms with van der Waals surface area (Å²) < 4.78 is 4.80. The summed E-state index contributed by atoms with van der Waals surface area (Å²) in [5.41, 5.74) is 5.70. The Balaban J connectivity index is 1.32. The number of piperidine rings is 1. The van der Waals surface area contributed by atoms with Crippen molar-refractivity contribution in [2.75, 3.05) is 26.7 Å². The Labute approximate surface area is 137 Å². The Hall–Kier alpha value is -1.87. The van der Waals surface area contributed by atoms with Crippen molar-refractivity contribution in [3.05, 3.63) is 58.7 Å². The first-order chi connectivity index (χ1) is 11.2. The molecule has 1 fully saturated rings. The monoisotopic (exact) mass is 309 g/mol. The van der Waals surface area contributed by atoms with Crippen LogP contribution in [0.4, 0.5) is 0 Å². The van der Waals surface area contributed by atoms with Crippen LogP contribution < -0.4 is 0 Å². The summed E-state index contributed by atoms with van der Waals surface area (Å²) in [5, 5.41) is 0. The van der Waals surface area contributed by atoms with Gasteiger partial charge in [0.05, 0.1) is 7.11 Å². The SMILES string of the molecule is COC(=O)C1=CC=C(CN2CCC3(CC2)Cc2ccccc23)C1. The minimum absolute atomic E-state index is 0.195. The molecular formula is C20H23NO2. The highest BCUT2D eigenvalue weighted by Gasteiger charge is 2.44. The smallest absolute Gasteiger partial charge is 0.334 e. The van der Waals surface area contributed by atoms with E-state index in [0.29, 0.717) is 5.41 Å². The van der Waals surface area contributed by atoms with Crippen LogP contribution in [0.5, 0.6) is 0 Å². The van der Waals surface area contributed by atoms with E-state index in [1.807, 2.05) is 6.08 Å². The number of nitrogens with zero attached hydrogens (tertiary/aromatic N) is 1. The summed E-state index contributed by atoms with van der Waals surface area (Å²) in [7, 11) is 1.45. The number of allylic oxidation sites excluding steroid dienone is 2. The molecule has 4 rings (SSSR count). The molecule has 23 heavy (non-hydrogen) atoms. The van der Waals surface area contributed by atoms with Gasteiger partial charge in [-0.05, 0) is 43.5 Å². The van der Waals surface area contributed by atoms with Crippen LogP contribution in [0.25, 0.3) is 0 Å². The highest BCUT2D eigenvalue weighted by atomic mass is 16.5. The lowest BCUT2D eigenvalue weighted by Gasteiger charge is -2.49. The zero-order valence-electron chi connectivity index (χ0n) is 13.7. The molecule has 2 aliphatic carbocycles. The van der Waals surface area contributed by atoms with Crippen molar-refractivity contribution in [1.29, 1.82) is 0 Å². The lowest BCUT2D eigenvalue weighted by molar-refractivity contribution is -0.136. The Kier molecular flexibility index (Phi) is 3.61. The predicted molar refractivity (Wildman–Crippen MR) is 90.3 cm³/mol. The molecular weight excluding hydrogens is 286 g/mol. The predicted octanol–water partition coefficient (Wildman–Crippen LogP) is 3.01. The van der Waals surface area contributed by atoms with Crippen LogP contribution in [0.2, 0.25) is 0 Å². The van der Waals surface area contributed by atoms with E-state index in [-0.39, 0.29) is 5.97 Å². The summed E-state index contributed by atoms with van der Waals surface area (Å²) >= 11 is 0. The molecule has 3 aliphatic rings. The van der Waals surface area contributed by atoms with Crippen LogP contribution in [0.1, 0.15) is 30.4 Å². The van der Waals surface area contributed by atoms with Gasteiger partial charge in [0, 0.05) is 24.0 Å². The van der Waals surface area contributed by atoms with Gasteiger partial charge >= 0.3 is 5.97 Å². The minimum Gasteiger partial charge on any atom is -0.466 e. The fourth-order valence-electron chi connectivity index (χ4n) is 4.38. The van der Waals surface area contributed by atoms with Crippen molar-refractivity contribution in [1.82, 2.24) is 4.90 Å². The van der Waals surface area contributed by atoms with Crippen molar-refractivity contribution in [3.63, 3.8) is 0 Å². The van der Waals surface area contributed by atoms with Crippen molar-refractivity contribution in [3.8, 4) is 0 Å². The number of rotatable bonds is 3. The fraction of sp³-hybridized carbons (Fsp3) is 0.450. The van der Waals surface area contributed by atoms with E-state index < -0.39 is 0 Å². The average Bonchev–Trinajstić information content (AvgIpc) is 3.03. The van der Waals surface area contributed by atoms with Crippen LogP contribution in [-0.4, -0.2) is 37.6 Å². The summed E-state index contributed by atoms with van der Waals surface area (Å²) in [4.78, 5) is 14.1. The van der Waals surface area contributed by atoms with Crippen molar-refractivity contribution in [2.45, 2.75) is 31.1 Å². The second-order valence-electron chi connectivity index (χ2n) is 7.08. The van der Waals surface area contributed by atoms with E-state index >= 15 is 0 Å². The lowest BCUT2D eigenvalue weighted by Crippen LogP contribution is -2.49. The van der Waals surface area contributed by atoms with Gasteiger partial charge in [-0.2, -0.15) is 0 Å². The second-order valence-corrected chi connectivity index (χ2v) is 7.08. The number of fused-ring (bicyclic) bond motifs is 2. The summed E-state index contributed by atoms with van der Waals surface area (Å²) in [6.45, 7) is 3.28. The van der Waals surface area contributed by atoms with Crippen LogP contribution in [0.3, 0.4) is 0 Å². The molecule has 1 aromatic rings. The van der Waals surface area contributed by atoms with Gasteiger partial charge in [-0.25, -0.2) is 4.79 Å². The van der Waals surface area contributed by atoms with Crippen LogP contribution in [-0.2, 0) is 21.4 Å². The first-order valence-corrected chi connectivity index (χ1v) is 8.48. The minimum atomic E-state index is -0.195. The third-order valence-corrected chi connectivity index (χ3v) is 5.74. The number of hydrogen-bond donors (Lipinski definition) is 0. The van der Waals surface area contributed by atoms with Gasteiger partial charge in [0.25, 0.3) is 0 Å². The van der Waals surface area contributed by atoms with E-state index in [4.69, 9.17) is 4.74 Å². The average molecular weight is 309 g/mol. The molecule has 0 unspecified atom stereocenters. The maximum Gasteiger partial charge on any atom is 0.334 e. The van der Waals surface area contributed by atoms with E-state index in [1.54, 1.807) is 11.1 Å². The normalized spacial score (nSPS) is 22.1. The number of methoxy groups -OCH3 is 1. The highest BCUT2D eigenvalue weighted by molar-refractivity contribution is 5.90. The van der Waals surface area contributed by atoms with Crippen molar-refractivity contribution in [2.24, 2.45) is 0 Å². The number of hydrogen-bond acceptors (Lipinski definition) is 3. The molecule has 120 valence electrons. The Morgan fingerprint density at radius 3 is 2.74 bits per heavy atom. The summed E-state index contributed by atoms with van der Waals surface area (Å²) in [5.74, 6) is -0.195. The topological polar surface area (TPSA) is 29.5 Å². The fourth-order valence-corrected chi connectivity index (χ4v) is 4.38. The summed E-state index contributed by atoms with van der Waals surface area (Å²) in [6, 6.07) is 8.92. The molecule has 3 nitrogen and oxygen atoms in total. The third-order valence-electron chi connectivity index (χ3n) is 5.74. The Bertz CT molecular complexity index is 693. The largest absolute Gasteiger partial charge is 0.466 e. The molecule has 1 aliphatic heterocycles. The molecule has 0 N–H and O–H groups in total. The van der Waals surface area contributed by atoms with Gasteiger partial charge in [0.1, 0.15) is 0 Å². The molecule has 3 heteroatoms. The number of carbonyl (C=O) groups excluding carboxylic acids is 1. The zero-order chi connectivity index (χ0) is 15.9. The van der Waals surface area contributed by atoms with Crippen LogP contribution >= 0.6 is 0 Å². The molecule has 0 aromatic heterocycles. The first kappa shape index (κ1) is 14.7. The van der Waals surface area contributed by atoms with E-state index in [0.717, 1.165) is 31.6 Å². The van der Waals surface area contributed by atoms with Crippen molar-refractivity contribution < 1.29 is 9.53 Å². The van der Waals surface area contributed by atoms with Gasteiger partial charge in [0.2, 0.25) is 0 Å². The quantitative estimate of drug-likeness (QED) is 0.804. The molecule has 0 saturated carbocycles. The molecule has 1 saturated heterocycles. The van der Waals surface area contributed by atoms with Crippen molar-refractivity contribution >= 4 is 5.97 Å². The Morgan fingerprint density at radius 2 is 2.00 bits per heavy atom. The number of esters is 1. The molecule has 0 radical (unpaired) electrons. The van der Waals surface area contributed by atoms with Crippen LogP contribution in [0.15, 0.2) is 47.6 Å². The highest BCUT2D eigenvalue weighted by Crippen LogP contribution is 2.48. The van der Waals surface area contributed by atoms with Gasteiger partial charge in [-0.15, -0.1) is 0 Å². The number of likely N-dealkylation sites (tertiary alicyclic amines) is 1. The number of benzene rings is 1. The molecule has 1 spiro atoms. The standard InChI is InChI=1S/C20H23NO2/c1-23-19(22)16-7-6-15(12-16)14-21-10-8-20(9-11-21)13-17-4-2-3-5-18(17)20/h2-7H,8-14H2,1H3. The summed E-state index contributed by atoms with van der Waals surface area (Å²) in [6.07, 6.45) is 8.53. The van der Waals surface area contributed by atoms with Gasteiger partial charge < -0.3 is 4.74 Å². The maximum atomic E-state index is 11.6. The maximum absolute atomic E-state index is 11.6. The first-order valence-electron chi connectivity index (χ1n) is 8.48. The third kappa shape index (κ3) is 2.53. The zero-order valence-corrected chi connectivity index (χ0v) is 13.7. The molecule has 0 atom stereocenters. The van der Waals surface area contributed by atoms with E-state index in [2.05, 4.69) is 35.2 Å². The van der Waals surface area contributed by atoms with Crippen LogP contribution in [0, 0.1) is 0 Å². The van der Waals surface area contributed by atoms with Gasteiger partial charge in [0.15, 0.2) is 0 Å². The van der Waals surface area contributed by atoms with Gasteiger partial charge in [-0.1, -0.05) is 42.0 Å². The lowest BCUT2D eigenvalue weighted by atomic mass is 9.59. The molecule has 0 bridgehead atoms.